The normalized spacial score (nSPS) is 12.0. The van der Waals surface area contributed by atoms with Crippen LogP contribution in [-0.4, -0.2) is 54.1 Å². The average molecular weight is 416 g/mol. The first-order chi connectivity index (χ1) is 14.4. The number of amides is 2. The number of carbonyl (C=O) groups is 2. The number of nitrogens with one attached hydrogen (secondary N) is 2. The second kappa shape index (κ2) is 12.1. The van der Waals surface area contributed by atoms with Gasteiger partial charge in [0.25, 0.3) is 0 Å². The van der Waals surface area contributed by atoms with Gasteiger partial charge in [-0.1, -0.05) is 35.5 Å². The lowest BCUT2D eigenvalue weighted by molar-refractivity contribution is -0.896. The summed E-state index contributed by atoms with van der Waals surface area (Å²) in [5, 5.41) is 6.51. The Bertz CT molecular complexity index is 787. The van der Waals surface area contributed by atoms with Crippen LogP contribution in [0, 0.1) is 6.92 Å². The fourth-order valence-corrected chi connectivity index (χ4v) is 3.53. The molecule has 2 aromatic rings. The molecule has 7 nitrogen and oxygen atoms in total. The fourth-order valence-electron chi connectivity index (χ4n) is 3.53. The Morgan fingerprint density at radius 1 is 1.20 bits per heavy atom. The molecule has 1 aromatic carbocycles. The Labute approximate surface area is 179 Å². The Hall–Kier alpha value is -2.67. The second-order valence-electron chi connectivity index (χ2n) is 7.75. The van der Waals surface area contributed by atoms with Crippen LogP contribution in [0.15, 0.2) is 40.9 Å². The van der Waals surface area contributed by atoms with E-state index in [4.69, 9.17) is 4.52 Å². The number of quaternary nitrogens is 1. The van der Waals surface area contributed by atoms with Crippen molar-refractivity contribution in [1.82, 2.24) is 10.1 Å². The van der Waals surface area contributed by atoms with Gasteiger partial charge in [0.05, 0.1) is 26.1 Å². The minimum atomic E-state index is -0.272. The number of carbonyl (C=O) groups excluding carboxylic acids is 2. The molecule has 0 aliphatic carbocycles. The molecular formula is C23H35N4O3+. The molecule has 0 bridgehead atoms. The zero-order valence-corrected chi connectivity index (χ0v) is 18.6. The summed E-state index contributed by atoms with van der Waals surface area (Å²) < 4.78 is 4.99. The first-order valence-electron chi connectivity index (χ1n) is 10.8. The molecule has 164 valence electrons. The summed E-state index contributed by atoms with van der Waals surface area (Å²) in [6, 6.07) is 11.3. The van der Waals surface area contributed by atoms with Crippen LogP contribution in [0.2, 0.25) is 0 Å². The molecule has 0 aliphatic rings. The van der Waals surface area contributed by atoms with Gasteiger partial charge in [-0.05, 0) is 46.1 Å². The third-order valence-electron chi connectivity index (χ3n) is 5.41. The summed E-state index contributed by atoms with van der Waals surface area (Å²) in [7, 11) is 0. The van der Waals surface area contributed by atoms with Crippen molar-refractivity contribution < 1.29 is 19.0 Å². The van der Waals surface area contributed by atoms with Gasteiger partial charge in [0.15, 0.2) is 5.82 Å². The van der Waals surface area contributed by atoms with E-state index in [1.165, 1.54) is 0 Å². The summed E-state index contributed by atoms with van der Waals surface area (Å²) in [5.41, 5.74) is 0.944. The molecule has 30 heavy (non-hydrogen) atoms. The summed E-state index contributed by atoms with van der Waals surface area (Å²) in [5.74, 6) is 0.668. The maximum atomic E-state index is 13.1. The molecule has 0 saturated carbocycles. The molecule has 2 amide bonds. The van der Waals surface area contributed by atoms with E-state index in [1.54, 1.807) is 22.8 Å². The molecular weight excluding hydrogens is 380 g/mol. The molecule has 1 heterocycles. The number of hydrogen-bond donors (Lipinski definition) is 2. The predicted molar refractivity (Wildman–Crippen MR) is 117 cm³/mol. The van der Waals surface area contributed by atoms with Crippen molar-refractivity contribution in [3.63, 3.8) is 0 Å². The molecule has 0 fully saturated rings. The van der Waals surface area contributed by atoms with E-state index < -0.39 is 0 Å². The summed E-state index contributed by atoms with van der Waals surface area (Å²) in [6.45, 7) is 11.4. The number of rotatable bonds is 12. The molecule has 0 spiro atoms. The third kappa shape index (κ3) is 7.63. The summed E-state index contributed by atoms with van der Waals surface area (Å²) in [4.78, 5) is 28.9. The van der Waals surface area contributed by atoms with Gasteiger partial charge in [0, 0.05) is 12.1 Å². The standard InChI is InChI=1S/C23H34N4O3/c1-5-26(6-2)14-10-11-18(3)27(23(29)16-20-12-8-7-9-13-20)17-22(28)24-21-15-19(4)30-25-21/h7-9,12-13,15,18H,5-6,10-11,14,16-17H2,1-4H3,(H,24,25,28)/p+1/t18-/m1/s1. The van der Waals surface area contributed by atoms with Crippen molar-refractivity contribution >= 4 is 17.6 Å². The van der Waals surface area contributed by atoms with Gasteiger partial charge in [0.2, 0.25) is 11.8 Å². The van der Waals surface area contributed by atoms with Crippen molar-refractivity contribution in [2.24, 2.45) is 0 Å². The SMILES string of the molecule is CC[NH+](CC)CCC[C@@H](C)N(CC(=O)Nc1cc(C)on1)C(=O)Cc1ccccc1. The highest BCUT2D eigenvalue weighted by atomic mass is 16.5. The molecule has 1 aromatic heterocycles. The predicted octanol–water partition coefficient (Wildman–Crippen LogP) is 2.09. The Morgan fingerprint density at radius 2 is 1.90 bits per heavy atom. The lowest BCUT2D eigenvalue weighted by Crippen LogP contribution is -3.11. The van der Waals surface area contributed by atoms with Crippen LogP contribution < -0.4 is 10.2 Å². The quantitative estimate of drug-likeness (QED) is 0.556. The van der Waals surface area contributed by atoms with E-state index in [9.17, 15) is 9.59 Å². The molecule has 7 heteroatoms. The molecule has 0 radical (unpaired) electrons. The monoisotopic (exact) mass is 415 g/mol. The number of anilines is 1. The number of benzene rings is 1. The second-order valence-corrected chi connectivity index (χ2v) is 7.75. The van der Waals surface area contributed by atoms with Gasteiger partial charge in [0.1, 0.15) is 12.3 Å². The maximum absolute atomic E-state index is 13.1. The van der Waals surface area contributed by atoms with Crippen LogP contribution in [0.25, 0.3) is 0 Å². The first-order valence-corrected chi connectivity index (χ1v) is 10.8. The lowest BCUT2D eigenvalue weighted by Gasteiger charge is -2.29. The highest BCUT2D eigenvalue weighted by Crippen LogP contribution is 2.12. The molecule has 2 N–H and O–H groups in total. The fraction of sp³-hybridized carbons (Fsp3) is 0.522. The van der Waals surface area contributed by atoms with Crippen molar-refractivity contribution in [1.29, 1.82) is 0 Å². The molecule has 0 aliphatic heterocycles. The van der Waals surface area contributed by atoms with Gasteiger partial charge >= 0.3 is 0 Å². The topological polar surface area (TPSA) is 79.9 Å². The molecule has 1 atom stereocenters. The highest BCUT2D eigenvalue weighted by molar-refractivity contribution is 5.94. The van der Waals surface area contributed by atoms with Crippen molar-refractivity contribution in [3.05, 3.63) is 47.7 Å². The molecule has 2 rings (SSSR count). The number of aryl methyl sites for hydroxylation is 1. The minimum absolute atomic E-state index is 0.00311. The third-order valence-corrected chi connectivity index (χ3v) is 5.41. The van der Waals surface area contributed by atoms with E-state index in [-0.39, 0.29) is 30.8 Å². The van der Waals surface area contributed by atoms with Crippen LogP contribution in [0.1, 0.15) is 44.9 Å². The lowest BCUT2D eigenvalue weighted by atomic mass is 10.1. The van der Waals surface area contributed by atoms with Crippen LogP contribution in [0.3, 0.4) is 0 Å². The maximum Gasteiger partial charge on any atom is 0.245 e. The average Bonchev–Trinajstić information content (AvgIpc) is 3.14. The van der Waals surface area contributed by atoms with Gasteiger partial charge in [-0.15, -0.1) is 0 Å². The van der Waals surface area contributed by atoms with Crippen LogP contribution in [0.5, 0.6) is 0 Å². The molecule has 0 unspecified atom stereocenters. The van der Waals surface area contributed by atoms with Crippen molar-refractivity contribution in [2.45, 2.75) is 53.0 Å². The minimum Gasteiger partial charge on any atom is -0.360 e. The van der Waals surface area contributed by atoms with E-state index in [0.29, 0.717) is 11.6 Å². The zero-order chi connectivity index (χ0) is 21.9. The van der Waals surface area contributed by atoms with Gasteiger partial charge < -0.3 is 19.6 Å². The smallest absolute Gasteiger partial charge is 0.245 e. The number of hydrogen-bond acceptors (Lipinski definition) is 4. The highest BCUT2D eigenvalue weighted by Gasteiger charge is 2.23. The summed E-state index contributed by atoms with van der Waals surface area (Å²) in [6.07, 6.45) is 2.15. The summed E-state index contributed by atoms with van der Waals surface area (Å²) >= 11 is 0. The Morgan fingerprint density at radius 3 is 2.50 bits per heavy atom. The Balaban J connectivity index is 2.02. The van der Waals surface area contributed by atoms with Crippen LogP contribution in [-0.2, 0) is 16.0 Å². The Kier molecular flexibility index (Phi) is 9.54. The van der Waals surface area contributed by atoms with E-state index in [2.05, 4.69) is 24.3 Å². The zero-order valence-electron chi connectivity index (χ0n) is 18.6. The first kappa shape index (κ1) is 23.6. The van der Waals surface area contributed by atoms with E-state index in [1.807, 2.05) is 37.3 Å². The van der Waals surface area contributed by atoms with E-state index in [0.717, 1.165) is 38.0 Å². The van der Waals surface area contributed by atoms with Crippen molar-refractivity contribution in [2.75, 3.05) is 31.5 Å². The molecule has 0 saturated heterocycles. The van der Waals surface area contributed by atoms with Gasteiger partial charge in [-0.25, -0.2) is 0 Å². The van der Waals surface area contributed by atoms with Gasteiger partial charge in [-0.2, -0.15) is 0 Å². The van der Waals surface area contributed by atoms with Crippen LogP contribution in [0.4, 0.5) is 5.82 Å². The van der Waals surface area contributed by atoms with E-state index >= 15 is 0 Å². The number of aromatic nitrogens is 1. The van der Waals surface area contributed by atoms with Gasteiger partial charge in [-0.3, -0.25) is 9.59 Å². The van der Waals surface area contributed by atoms with Crippen LogP contribution >= 0.6 is 0 Å². The largest absolute Gasteiger partial charge is 0.360 e. The van der Waals surface area contributed by atoms with Crippen molar-refractivity contribution in [3.8, 4) is 0 Å². The number of nitrogens with zero attached hydrogens (tertiary/aromatic N) is 2.